The van der Waals surface area contributed by atoms with Crippen LogP contribution in [-0.4, -0.2) is 44.2 Å². The molecular formula is C25H29FN6O4S. The number of aromatic nitrogens is 2. The largest absolute Gasteiger partial charge is 0.353 e. The monoisotopic (exact) mass is 528 g/mol. The van der Waals surface area contributed by atoms with E-state index in [1.54, 1.807) is 32.0 Å². The number of benzene rings is 1. The van der Waals surface area contributed by atoms with Gasteiger partial charge in [0, 0.05) is 24.9 Å². The van der Waals surface area contributed by atoms with Gasteiger partial charge in [0.25, 0.3) is 5.91 Å². The molecule has 1 aromatic carbocycles. The lowest BCUT2D eigenvalue weighted by Crippen LogP contribution is -2.26. The van der Waals surface area contributed by atoms with E-state index in [0.717, 1.165) is 24.7 Å². The summed E-state index contributed by atoms with van der Waals surface area (Å²) in [7, 11) is -2.07. The Morgan fingerprint density at radius 2 is 1.89 bits per heavy atom. The third kappa shape index (κ3) is 6.33. The van der Waals surface area contributed by atoms with Crippen LogP contribution < -0.4 is 20.4 Å². The number of nitrogens with one attached hydrogen (secondary N) is 3. The highest BCUT2D eigenvalue weighted by Gasteiger charge is 2.26. The van der Waals surface area contributed by atoms with E-state index in [4.69, 9.17) is 4.84 Å². The third-order valence-corrected chi connectivity index (χ3v) is 7.11. The van der Waals surface area contributed by atoms with E-state index >= 15 is 0 Å². The van der Waals surface area contributed by atoms with Crippen LogP contribution in [0.25, 0.3) is 0 Å². The number of hydrogen-bond donors (Lipinski definition) is 3. The van der Waals surface area contributed by atoms with Gasteiger partial charge in [-0.2, -0.15) is 4.39 Å². The number of amides is 1. The van der Waals surface area contributed by atoms with E-state index in [0.29, 0.717) is 40.0 Å². The Bertz CT molecular complexity index is 1430. The molecule has 12 heteroatoms. The Hall–Kier alpha value is -3.77. The third-order valence-electron chi connectivity index (χ3n) is 5.92. The maximum Gasteiger partial charge on any atom is 0.278 e. The number of pyridine rings is 2. The number of anilines is 5. The molecule has 0 spiro atoms. The second-order valence-electron chi connectivity index (χ2n) is 8.84. The number of aryl methyl sites for hydroxylation is 1. The first-order chi connectivity index (χ1) is 17.6. The van der Waals surface area contributed by atoms with Crippen LogP contribution in [0.3, 0.4) is 0 Å². The quantitative estimate of drug-likeness (QED) is 0.262. The Morgan fingerprint density at radius 3 is 2.54 bits per heavy atom. The van der Waals surface area contributed by atoms with Gasteiger partial charge in [0.05, 0.1) is 47.4 Å². The molecule has 0 unspecified atom stereocenters. The van der Waals surface area contributed by atoms with Gasteiger partial charge < -0.3 is 10.6 Å². The molecule has 3 N–H and O–H groups in total. The minimum Gasteiger partial charge on any atom is -0.353 e. The van der Waals surface area contributed by atoms with Crippen molar-refractivity contribution < 1.29 is 22.4 Å². The summed E-state index contributed by atoms with van der Waals surface area (Å²) in [6.07, 6.45) is 5.96. The average Bonchev–Trinajstić information content (AvgIpc) is 3.70. The molecule has 2 aromatic heterocycles. The molecule has 0 aliphatic heterocycles. The number of hydrogen-bond acceptors (Lipinski definition) is 8. The fourth-order valence-electron chi connectivity index (χ4n) is 3.68. The van der Waals surface area contributed by atoms with Crippen LogP contribution in [0.2, 0.25) is 0 Å². The van der Waals surface area contributed by atoms with Gasteiger partial charge in [-0.1, -0.05) is 6.07 Å². The molecule has 10 nitrogen and oxygen atoms in total. The van der Waals surface area contributed by atoms with Gasteiger partial charge in [0.2, 0.25) is 16.0 Å². The molecule has 2 heterocycles. The van der Waals surface area contributed by atoms with E-state index in [1.807, 2.05) is 12.1 Å². The Balaban J connectivity index is 1.74. The van der Waals surface area contributed by atoms with Gasteiger partial charge in [0.15, 0.2) is 0 Å². The lowest BCUT2D eigenvalue weighted by atomic mass is 10.1. The van der Waals surface area contributed by atoms with Crippen LogP contribution in [0.5, 0.6) is 0 Å². The first-order valence-corrected chi connectivity index (χ1v) is 13.6. The fourth-order valence-corrected chi connectivity index (χ4v) is 4.19. The van der Waals surface area contributed by atoms with Crippen molar-refractivity contribution in [2.24, 2.45) is 0 Å². The van der Waals surface area contributed by atoms with Crippen LogP contribution in [0.4, 0.5) is 33.0 Å². The number of hydroxylamine groups is 1. The minimum absolute atomic E-state index is 0.173. The van der Waals surface area contributed by atoms with Gasteiger partial charge in [-0.05, 0) is 56.4 Å². The molecule has 4 rings (SSSR count). The Kier molecular flexibility index (Phi) is 7.60. The zero-order chi connectivity index (χ0) is 26.7. The normalized spacial score (nSPS) is 13.2. The molecule has 1 saturated carbocycles. The lowest BCUT2D eigenvalue weighted by Gasteiger charge is -2.23. The average molecular weight is 529 g/mol. The highest BCUT2D eigenvalue weighted by molar-refractivity contribution is 7.92. The van der Waals surface area contributed by atoms with Crippen LogP contribution >= 0.6 is 0 Å². The topological polar surface area (TPSA) is 126 Å². The SMILES string of the molecule is CCONC(=O)c1cnc(Nc2cnc(F)c(C)c2)cc1Nc1ccc(C2CC2)cc1N(C)S(C)(=O)=O. The predicted octanol–water partition coefficient (Wildman–Crippen LogP) is 4.37. The zero-order valence-corrected chi connectivity index (χ0v) is 21.8. The van der Waals surface area contributed by atoms with Gasteiger partial charge in [-0.25, -0.2) is 23.9 Å². The van der Waals surface area contributed by atoms with Gasteiger partial charge >= 0.3 is 0 Å². The summed E-state index contributed by atoms with van der Waals surface area (Å²) < 4.78 is 39.6. The maximum absolute atomic E-state index is 13.6. The van der Waals surface area contributed by atoms with Gasteiger partial charge in [-0.15, -0.1) is 0 Å². The molecule has 0 atom stereocenters. The second-order valence-corrected chi connectivity index (χ2v) is 10.9. The summed E-state index contributed by atoms with van der Waals surface area (Å²) in [4.78, 5) is 25.9. The smallest absolute Gasteiger partial charge is 0.278 e. The molecule has 1 fully saturated rings. The number of halogens is 1. The fraction of sp³-hybridized carbons (Fsp3) is 0.320. The number of nitrogens with zero attached hydrogens (tertiary/aromatic N) is 3. The Morgan fingerprint density at radius 1 is 1.14 bits per heavy atom. The molecule has 3 aromatic rings. The van der Waals surface area contributed by atoms with Crippen LogP contribution in [0, 0.1) is 12.9 Å². The summed E-state index contributed by atoms with van der Waals surface area (Å²) in [5.74, 6) is -0.329. The first-order valence-electron chi connectivity index (χ1n) is 11.7. The highest BCUT2D eigenvalue weighted by Crippen LogP contribution is 2.43. The lowest BCUT2D eigenvalue weighted by molar-refractivity contribution is 0.0365. The van der Waals surface area contributed by atoms with Crippen molar-refractivity contribution in [1.82, 2.24) is 15.4 Å². The summed E-state index contributed by atoms with van der Waals surface area (Å²) >= 11 is 0. The predicted molar refractivity (Wildman–Crippen MR) is 140 cm³/mol. The van der Waals surface area contributed by atoms with E-state index in [2.05, 4.69) is 26.1 Å². The molecule has 0 bridgehead atoms. The van der Waals surface area contributed by atoms with Crippen molar-refractivity contribution in [2.75, 3.05) is 34.8 Å². The van der Waals surface area contributed by atoms with E-state index in [9.17, 15) is 17.6 Å². The summed E-state index contributed by atoms with van der Waals surface area (Å²) in [6.45, 7) is 3.60. The van der Waals surface area contributed by atoms with Gasteiger partial charge in [0.1, 0.15) is 5.82 Å². The van der Waals surface area contributed by atoms with Crippen molar-refractivity contribution in [3.05, 3.63) is 65.4 Å². The summed E-state index contributed by atoms with van der Waals surface area (Å²) in [5, 5.41) is 6.26. The molecule has 1 amide bonds. The molecule has 37 heavy (non-hydrogen) atoms. The van der Waals surface area contributed by atoms with E-state index in [1.165, 1.54) is 23.7 Å². The number of carbonyl (C=O) groups excluding carboxylic acids is 1. The van der Waals surface area contributed by atoms with E-state index < -0.39 is 21.9 Å². The van der Waals surface area contributed by atoms with Crippen molar-refractivity contribution >= 4 is 44.5 Å². The number of sulfonamides is 1. The van der Waals surface area contributed by atoms with Crippen LogP contribution in [0.15, 0.2) is 42.7 Å². The molecule has 1 aliphatic carbocycles. The van der Waals surface area contributed by atoms with Crippen LogP contribution in [-0.2, 0) is 14.9 Å². The van der Waals surface area contributed by atoms with Crippen LogP contribution in [0.1, 0.15) is 47.2 Å². The minimum atomic E-state index is -3.56. The summed E-state index contributed by atoms with van der Waals surface area (Å²) in [6, 6.07) is 8.79. The molecule has 0 radical (unpaired) electrons. The standard InChI is InChI=1S/C25H29FN6O4S/c1-5-36-31-25(33)19-14-27-23(29-18-10-15(2)24(26)28-13-18)12-21(19)30-20-9-8-17(16-6-7-16)11-22(20)32(3)37(4,34)35/h8-14,16H,5-7H2,1-4H3,(H,31,33)(H2,27,29,30). The highest BCUT2D eigenvalue weighted by atomic mass is 32.2. The number of rotatable bonds is 10. The van der Waals surface area contributed by atoms with Crippen molar-refractivity contribution in [2.45, 2.75) is 32.6 Å². The Labute approximate surface area is 215 Å². The second kappa shape index (κ2) is 10.7. The van der Waals surface area contributed by atoms with Crippen molar-refractivity contribution in [1.29, 1.82) is 0 Å². The molecular weight excluding hydrogens is 499 g/mol. The maximum atomic E-state index is 13.6. The molecule has 196 valence electrons. The summed E-state index contributed by atoms with van der Waals surface area (Å²) in [5.41, 5.74) is 5.74. The van der Waals surface area contributed by atoms with Crippen molar-refractivity contribution in [3.8, 4) is 0 Å². The zero-order valence-electron chi connectivity index (χ0n) is 21.0. The van der Waals surface area contributed by atoms with Crippen molar-refractivity contribution in [3.63, 3.8) is 0 Å². The molecule has 0 saturated heterocycles. The van der Waals surface area contributed by atoms with Gasteiger partial charge in [-0.3, -0.25) is 13.9 Å². The first kappa shape index (κ1) is 26.3. The molecule has 1 aliphatic rings. The number of carbonyl (C=O) groups is 1. The van der Waals surface area contributed by atoms with E-state index in [-0.39, 0.29) is 12.2 Å².